The van der Waals surface area contributed by atoms with Gasteiger partial charge in [-0.05, 0) is 49.2 Å². The quantitative estimate of drug-likeness (QED) is 0.376. The van der Waals surface area contributed by atoms with E-state index in [2.05, 4.69) is 20.8 Å². The Balaban J connectivity index is 1.39. The molecule has 9 heteroatoms. The van der Waals surface area contributed by atoms with Crippen LogP contribution in [0.1, 0.15) is 27.0 Å². The van der Waals surface area contributed by atoms with Crippen LogP contribution < -0.4 is 10.6 Å². The van der Waals surface area contributed by atoms with Crippen molar-refractivity contribution in [3.63, 3.8) is 0 Å². The zero-order valence-electron chi connectivity index (χ0n) is 18.1. The highest BCUT2D eigenvalue weighted by Crippen LogP contribution is 2.21. The van der Waals surface area contributed by atoms with Gasteiger partial charge in [0.1, 0.15) is 0 Å². The minimum Gasteiger partial charge on any atom is -0.348 e. The number of pyridine rings is 1. The van der Waals surface area contributed by atoms with Gasteiger partial charge in [0.05, 0.1) is 11.3 Å². The number of hydrogen-bond acceptors (Lipinski definition) is 5. The number of hydrogen-bond donors (Lipinski definition) is 2. The van der Waals surface area contributed by atoms with Crippen LogP contribution in [0.5, 0.6) is 0 Å². The lowest BCUT2D eigenvalue weighted by Crippen LogP contribution is -2.23. The van der Waals surface area contributed by atoms with Crippen LogP contribution >= 0.6 is 23.4 Å². The van der Waals surface area contributed by atoms with E-state index in [9.17, 15) is 9.59 Å². The summed E-state index contributed by atoms with van der Waals surface area (Å²) in [5.41, 5.74) is 4.85. The molecule has 2 amide bonds. The number of amides is 2. The fraction of sp³-hybridized carbons (Fsp3) is 0.167. The van der Waals surface area contributed by atoms with Crippen LogP contribution in [0.3, 0.4) is 0 Å². The second kappa shape index (κ2) is 10.1. The highest BCUT2D eigenvalue weighted by molar-refractivity contribution is 7.99. The molecule has 0 fully saturated rings. The summed E-state index contributed by atoms with van der Waals surface area (Å²) in [7, 11) is 0. The topological polar surface area (TPSA) is 88.4 Å². The Kier molecular flexibility index (Phi) is 6.96. The van der Waals surface area contributed by atoms with Gasteiger partial charge < -0.3 is 10.6 Å². The molecule has 0 atom stereocenters. The first kappa shape index (κ1) is 22.8. The van der Waals surface area contributed by atoms with E-state index in [-0.39, 0.29) is 17.6 Å². The summed E-state index contributed by atoms with van der Waals surface area (Å²) in [4.78, 5) is 25.0. The molecule has 4 rings (SSSR count). The fourth-order valence-corrected chi connectivity index (χ4v) is 3.99. The molecule has 0 spiro atoms. The van der Waals surface area contributed by atoms with Gasteiger partial charge >= 0.3 is 0 Å². The Bertz CT molecular complexity index is 1320. The molecule has 2 aromatic carbocycles. The molecular weight excluding hydrogens is 458 g/mol. The number of halogens is 1. The monoisotopic (exact) mass is 479 g/mol. The number of carbonyl (C=O) groups excluding carboxylic acids is 2. The van der Waals surface area contributed by atoms with E-state index in [1.807, 2.05) is 44.2 Å². The van der Waals surface area contributed by atoms with Crippen molar-refractivity contribution in [1.82, 2.24) is 19.9 Å². The second-order valence-electron chi connectivity index (χ2n) is 7.60. The first-order valence-corrected chi connectivity index (χ1v) is 11.6. The number of fused-ring (bicyclic) bond motifs is 1. The fourth-order valence-electron chi connectivity index (χ4n) is 3.09. The normalized spacial score (nSPS) is 10.9. The first-order valence-electron chi connectivity index (χ1n) is 10.3. The van der Waals surface area contributed by atoms with Crippen molar-refractivity contribution < 1.29 is 9.59 Å². The van der Waals surface area contributed by atoms with Crippen LogP contribution in [0.2, 0.25) is 5.02 Å². The molecule has 0 saturated heterocycles. The maximum Gasteiger partial charge on any atom is 0.253 e. The molecule has 2 heterocycles. The number of aryl methyl sites for hydroxylation is 2. The highest BCUT2D eigenvalue weighted by atomic mass is 35.5. The third kappa shape index (κ3) is 5.71. The van der Waals surface area contributed by atoms with Gasteiger partial charge in [-0.1, -0.05) is 59.3 Å². The number of thioether (sulfide) groups is 1. The Labute approximate surface area is 200 Å². The third-order valence-electron chi connectivity index (χ3n) is 4.99. The van der Waals surface area contributed by atoms with Gasteiger partial charge in [-0.15, -0.1) is 10.2 Å². The summed E-state index contributed by atoms with van der Waals surface area (Å²) in [6.07, 6.45) is 1.68. The number of benzene rings is 2. The summed E-state index contributed by atoms with van der Waals surface area (Å²) in [5.74, 6) is -0.254. The SMILES string of the molecule is Cc1ccc(CNC(=O)c2ccc3nnc(SCC(=O)Nc4ccc(C)c(Cl)c4)n3c2)cc1. The van der Waals surface area contributed by atoms with Crippen LogP contribution in [0, 0.1) is 13.8 Å². The first-order chi connectivity index (χ1) is 15.9. The maximum absolute atomic E-state index is 12.6. The Hall–Kier alpha value is -3.36. The van der Waals surface area contributed by atoms with Crippen LogP contribution in [0.25, 0.3) is 5.65 Å². The number of rotatable bonds is 7. The number of nitrogens with one attached hydrogen (secondary N) is 2. The van der Waals surface area contributed by atoms with Gasteiger partial charge in [0, 0.05) is 23.5 Å². The summed E-state index contributed by atoms with van der Waals surface area (Å²) in [5, 5.41) is 15.1. The minimum absolute atomic E-state index is 0.135. The molecule has 0 saturated carbocycles. The molecule has 7 nitrogen and oxygen atoms in total. The van der Waals surface area contributed by atoms with Crippen molar-refractivity contribution in [2.24, 2.45) is 0 Å². The van der Waals surface area contributed by atoms with Crippen molar-refractivity contribution >= 4 is 46.5 Å². The number of nitrogens with zero attached hydrogens (tertiary/aromatic N) is 3. The van der Waals surface area contributed by atoms with Crippen LogP contribution in [0.4, 0.5) is 5.69 Å². The predicted molar refractivity (Wildman–Crippen MR) is 131 cm³/mol. The molecule has 168 valence electrons. The van der Waals surface area contributed by atoms with E-state index in [1.165, 1.54) is 17.3 Å². The largest absolute Gasteiger partial charge is 0.348 e. The summed E-state index contributed by atoms with van der Waals surface area (Å²) in [6, 6.07) is 16.8. The molecule has 0 unspecified atom stereocenters. The molecule has 0 aliphatic rings. The third-order valence-corrected chi connectivity index (χ3v) is 6.35. The van der Waals surface area contributed by atoms with Gasteiger partial charge in [0.25, 0.3) is 5.91 Å². The number of carbonyl (C=O) groups is 2. The summed E-state index contributed by atoms with van der Waals surface area (Å²) < 4.78 is 1.71. The van der Waals surface area contributed by atoms with Crippen LogP contribution in [0.15, 0.2) is 66.0 Å². The van der Waals surface area contributed by atoms with Gasteiger partial charge in [-0.2, -0.15) is 0 Å². The zero-order valence-corrected chi connectivity index (χ0v) is 19.7. The maximum atomic E-state index is 12.6. The van der Waals surface area contributed by atoms with Crippen molar-refractivity contribution in [3.8, 4) is 0 Å². The van der Waals surface area contributed by atoms with Crippen molar-refractivity contribution in [1.29, 1.82) is 0 Å². The van der Waals surface area contributed by atoms with Crippen molar-refractivity contribution in [2.75, 3.05) is 11.1 Å². The Morgan fingerprint density at radius 2 is 1.82 bits per heavy atom. The van der Waals surface area contributed by atoms with E-state index in [0.29, 0.717) is 33.6 Å². The van der Waals surface area contributed by atoms with Gasteiger partial charge in [0.2, 0.25) is 5.91 Å². The molecule has 4 aromatic rings. The van der Waals surface area contributed by atoms with Gasteiger partial charge in [0.15, 0.2) is 10.8 Å². The van der Waals surface area contributed by atoms with Crippen molar-refractivity contribution in [2.45, 2.75) is 25.5 Å². The average molecular weight is 480 g/mol. The van der Waals surface area contributed by atoms with E-state index in [4.69, 9.17) is 11.6 Å². The van der Waals surface area contributed by atoms with E-state index in [1.54, 1.807) is 34.9 Å². The Morgan fingerprint density at radius 3 is 2.58 bits per heavy atom. The molecule has 2 aromatic heterocycles. The molecule has 0 bridgehead atoms. The average Bonchev–Trinajstić information content (AvgIpc) is 3.22. The molecular formula is C24H22ClN5O2S. The lowest BCUT2D eigenvalue weighted by molar-refractivity contribution is -0.113. The van der Waals surface area contributed by atoms with Crippen LogP contribution in [-0.2, 0) is 11.3 Å². The molecule has 33 heavy (non-hydrogen) atoms. The summed E-state index contributed by atoms with van der Waals surface area (Å²) >= 11 is 7.35. The predicted octanol–water partition coefficient (Wildman–Crippen LogP) is 4.66. The molecule has 0 aliphatic heterocycles. The van der Waals surface area contributed by atoms with Crippen LogP contribution in [-0.4, -0.2) is 32.2 Å². The minimum atomic E-state index is -0.198. The molecule has 0 radical (unpaired) electrons. The van der Waals surface area contributed by atoms with E-state index >= 15 is 0 Å². The standard InChI is InChI=1S/C24H22ClN5O2S/c1-15-3-6-17(7-4-15)12-26-23(32)18-8-10-21-28-29-24(30(21)13-18)33-14-22(31)27-19-9-5-16(2)20(25)11-19/h3-11,13H,12,14H2,1-2H3,(H,26,32)(H,27,31). The number of anilines is 1. The number of aromatic nitrogens is 3. The summed E-state index contributed by atoms with van der Waals surface area (Å²) in [6.45, 7) is 4.36. The van der Waals surface area contributed by atoms with Crippen molar-refractivity contribution in [3.05, 3.63) is 88.1 Å². The van der Waals surface area contributed by atoms with Gasteiger partial charge in [-0.3, -0.25) is 14.0 Å². The highest BCUT2D eigenvalue weighted by Gasteiger charge is 2.13. The smallest absolute Gasteiger partial charge is 0.253 e. The lowest BCUT2D eigenvalue weighted by atomic mass is 10.1. The zero-order chi connectivity index (χ0) is 23.4. The lowest BCUT2D eigenvalue weighted by Gasteiger charge is -2.08. The Morgan fingerprint density at radius 1 is 1.03 bits per heavy atom. The molecule has 0 aliphatic carbocycles. The van der Waals surface area contributed by atoms with Gasteiger partial charge in [-0.25, -0.2) is 0 Å². The molecule has 2 N–H and O–H groups in total. The second-order valence-corrected chi connectivity index (χ2v) is 8.95. The van der Waals surface area contributed by atoms with E-state index in [0.717, 1.165) is 11.1 Å². The van der Waals surface area contributed by atoms with E-state index < -0.39 is 0 Å².